The van der Waals surface area contributed by atoms with Gasteiger partial charge in [-0.3, -0.25) is 4.79 Å². The van der Waals surface area contributed by atoms with Crippen LogP contribution in [0.15, 0.2) is 60.7 Å². The third kappa shape index (κ3) is 4.81. The zero-order valence-electron chi connectivity index (χ0n) is 14.2. The Hall–Kier alpha value is -3.42. The summed E-state index contributed by atoms with van der Waals surface area (Å²) in [6, 6.07) is 15.0. The minimum absolute atomic E-state index is 0.0118. The summed E-state index contributed by atoms with van der Waals surface area (Å²) in [5.74, 6) is -0.208. The molecule has 1 heterocycles. The maximum Gasteiger partial charge on any atom is 0.416 e. The highest BCUT2D eigenvalue weighted by molar-refractivity contribution is 6.02. The highest BCUT2D eigenvalue weighted by Crippen LogP contribution is 2.30. The molecule has 0 radical (unpaired) electrons. The average Bonchev–Trinajstić information content (AvgIpc) is 2.62. The van der Waals surface area contributed by atoms with E-state index in [1.807, 2.05) is 31.2 Å². The van der Waals surface area contributed by atoms with Crippen molar-refractivity contribution in [3.8, 4) is 0 Å². The molecule has 1 amide bonds. The second-order valence-electron chi connectivity index (χ2n) is 5.83. The number of halogens is 3. The van der Waals surface area contributed by atoms with E-state index in [1.54, 1.807) is 6.07 Å². The van der Waals surface area contributed by atoms with Gasteiger partial charge in [-0.05, 0) is 55.0 Å². The van der Waals surface area contributed by atoms with Gasteiger partial charge < -0.3 is 10.6 Å². The first-order valence-corrected chi connectivity index (χ1v) is 7.97. The molecule has 0 saturated carbocycles. The van der Waals surface area contributed by atoms with Crippen molar-refractivity contribution >= 4 is 23.1 Å². The first kappa shape index (κ1) is 18.4. The number of hydrogen-bond acceptors (Lipinski definition) is 4. The standard InChI is InChI=1S/C19H15F3N4O/c1-12-4-2-6-14(10-12)23-17-9-8-16(25-26-17)18(27)24-15-7-3-5-13(11-15)19(20,21)22/h2-11H,1H3,(H,23,26)(H,24,27). The molecule has 2 aromatic carbocycles. The molecule has 0 aliphatic carbocycles. The molecule has 0 saturated heterocycles. The van der Waals surface area contributed by atoms with E-state index in [2.05, 4.69) is 20.8 Å². The van der Waals surface area contributed by atoms with Crippen molar-refractivity contribution in [2.75, 3.05) is 10.6 Å². The summed E-state index contributed by atoms with van der Waals surface area (Å²) in [5.41, 5.74) is 1.07. The van der Waals surface area contributed by atoms with Gasteiger partial charge in [-0.1, -0.05) is 18.2 Å². The molecule has 3 rings (SSSR count). The summed E-state index contributed by atoms with van der Waals surface area (Å²) in [4.78, 5) is 12.2. The van der Waals surface area contributed by atoms with Crippen molar-refractivity contribution in [2.45, 2.75) is 13.1 Å². The van der Waals surface area contributed by atoms with Crippen LogP contribution >= 0.6 is 0 Å². The lowest BCUT2D eigenvalue weighted by Crippen LogP contribution is -2.15. The average molecular weight is 372 g/mol. The number of aryl methyl sites for hydroxylation is 1. The molecule has 3 aromatic rings. The Bertz CT molecular complexity index is 956. The first-order valence-electron chi connectivity index (χ1n) is 7.97. The topological polar surface area (TPSA) is 66.9 Å². The molecule has 0 fully saturated rings. The zero-order valence-corrected chi connectivity index (χ0v) is 14.2. The normalized spacial score (nSPS) is 11.1. The van der Waals surface area contributed by atoms with E-state index in [1.165, 1.54) is 18.2 Å². The predicted molar refractivity (Wildman–Crippen MR) is 95.9 cm³/mol. The van der Waals surface area contributed by atoms with Crippen LogP contribution in [0.1, 0.15) is 21.6 Å². The van der Waals surface area contributed by atoms with Gasteiger partial charge in [0.1, 0.15) is 0 Å². The SMILES string of the molecule is Cc1cccc(Nc2ccc(C(=O)Nc3cccc(C(F)(F)F)c3)nn2)c1. The summed E-state index contributed by atoms with van der Waals surface area (Å²) < 4.78 is 38.2. The molecule has 0 aliphatic rings. The summed E-state index contributed by atoms with van der Waals surface area (Å²) >= 11 is 0. The molecular formula is C19H15F3N4O. The van der Waals surface area contributed by atoms with Crippen molar-refractivity contribution in [1.29, 1.82) is 0 Å². The maximum atomic E-state index is 12.7. The fraction of sp³-hybridized carbons (Fsp3) is 0.105. The third-order valence-corrected chi connectivity index (χ3v) is 3.64. The molecule has 5 nitrogen and oxygen atoms in total. The summed E-state index contributed by atoms with van der Waals surface area (Å²) in [5, 5.41) is 13.2. The molecule has 0 aliphatic heterocycles. The van der Waals surface area contributed by atoms with Gasteiger partial charge in [-0.25, -0.2) is 0 Å². The van der Waals surface area contributed by atoms with Crippen LogP contribution in [0.4, 0.5) is 30.4 Å². The lowest BCUT2D eigenvalue weighted by atomic mass is 10.2. The molecule has 1 aromatic heterocycles. The minimum atomic E-state index is -4.48. The van der Waals surface area contributed by atoms with E-state index < -0.39 is 17.6 Å². The number of nitrogens with one attached hydrogen (secondary N) is 2. The second kappa shape index (κ2) is 7.45. The predicted octanol–water partition coefficient (Wildman–Crippen LogP) is 4.80. The van der Waals surface area contributed by atoms with Gasteiger partial charge >= 0.3 is 6.18 Å². The lowest BCUT2D eigenvalue weighted by molar-refractivity contribution is -0.137. The van der Waals surface area contributed by atoms with E-state index >= 15 is 0 Å². The second-order valence-corrected chi connectivity index (χ2v) is 5.83. The number of aromatic nitrogens is 2. The third-order valence-electron chi connectivity index (χ3n) is 3.64. The minimum Gasteiger partial charge on any atom is -0.339 e. The smallest absolute Gasteiger partial charge is 0.339 e. The summed E-state index contributed by atoms with van der Waals surface area (Å²) in [6.45, 7) is 1.96. The van der Waals surface area contributed by atoms with Gasteiger partial charge in [0, 0.05) is 11.4 Å². The van der Waals surface area contributed by atoms with Crippen LogP contribution in [-0.2, 0) is 6.18 Å². The van der Waals surface area contributed by atoms with E-state index in [4.69, 9.17) is 0 Å². The number of amides is 1. The van der Waals surface area contributed by atoms with E-state index in [0.717, 1.165) is 23.4 Å². The van der Waals surface area contributed by atoms with Crippen LogP contribution in [0.2, 0.25) is 0 Å². The Kier molecular flexibility index (Phi) is 5.07. The Morgan fingerprint density at radius 1 is 0.926 bits per heavy atom. The molecule has 0 atom stereocenters. The molecular weight excluding hydrogens is 357 g/mol. The van der Waals surface area contributed by atoms with Crippen LogP contribution in [0.3, 0.4) is 0 Å². The number of anilines is 3. The Morgan fingerprint density at radius 3 is 2.33 bits per heavy atom. The fourth-order valence-electron chi connectivity index (χ4n) is 2.36. The Morgan fingerprint density at radius 2 is 1.67 bits per heavy atom. The van der Waals surface area contributed by atoms with Crippen molar-refractivity contribution < 1.29 is 18.0 Å². The fourth-order valence-corrected chi connectivity index (χ4v) is 2.36. The number of rotatable bonds is 4. The van der Waals surface area contributed by atoms with Crippen molar-refractivity contribution in [3.05, 3.63) is 77.5 Å². The highest BCUT2D eigenvalue weighted by Gasteiger charge is 2.30. The molecule has 0 spiro atoms. The summed E-state index contributed by atoms with van der Waals surface area (Å²) in [6.07, 6.45) is -4.48. The van der Waals surface area contributed by atoms with E-state index in [9.17, 15) is 18.0 Å². The van der Waals surface area contributed by atoms with Crippen LogP contribution in [0.5, 0.6) is 0 Å². The van der Waals surface area contributed by atoms with Crippen molar-refractivity contribution in [2.24, 2.45) is 0 Å². The van der Waals surface area contributed by atoms with E-state index in [-0.39, 0.29) is 11.4 Å². The number of carbonyl (C=O) groups is 1. The number of benzene rings is 2. The number of alkyl halides is 3. The quantitative estimate of drug-likeness (QED) is 0.690. The van der Waals surface area contributed by atoms with Gasteiger partial charge in [-0.15, -0.1) is 10.2 Å². The largest absolute Gasteiger partial charge is 0.416 e. The Balaban J connectivity index is 1.69. The molecule has 0 bridgehead atoms. The first-order chi connectivity index (χ1) is 12.8. The van der Waals surface area contributed by atoms with Crippen LogP contribution in [0.25, 0.3) is 0 Å². The molecule has 0 unspecified atom stereocenters. The van der Waals surface area contributed by atoms with Gasteiger partial charge in [0.2, 0.25) is 0 Å². The van der Waals surface area contributed by atoms with Gasteiger partial charge in [0.15, 0.2) is 11.5 Å². The van der Waals surface area contributed by atoms with Gasteiger partial charge in [0.25, 0.3) is 5.91 Å². The van der Waals surface area contributed by atoms with E-state index in [0.29, 0.717) is 5.82 Å². The number of hydrogen-bond donors (Lipinski definition) is 2. The Labute approximate surface area is 153 Å². The van der Waals surface area contributed by atoms with Gasteiger partial charge in [0.05, 0.1) is 5.56 Å². The maximum absolute atomic E-state index is 12.7. The molecule has 8 heteroatoms. The molecule has 27 heavy (non-hydrogen) atoms. The summed E-state index contributed by atoms with van der Waals surface area (Å²) in [7, 11) is 0. The monoisotopic (exact) mass is 372 g/mol. The highest BCUT2D eigenvalue weighted by atomic mass is 19.4. The van der Waals surface area contributed by atoms with Crippen molar-refractivity contribution in [1.82, 2.24) is 10.2 Å². The number of carbonyl (C=O) groups excluding carboxylic acids is 1. The van der Waals surface area contributed by atoms with Gasteiger partial charge in [-0.2, -0.15) is 13.2 Å². The number of nitrogens with zero attached hydrogens (tertiary/aromatic N) is 2. The molecule has 138 valence electrons. The van der Waals surface area contributed by atoms with Crippen LogP contribution in [0, 0.1) is 6.92 Å². The van der Waals surface area contributed by atoms with Crippen LogP contribution in [-0.4, -0.2) is 16.1 Å². The van der Waals surface area contributed by atoms with Crippen molar-refractivity contribution in [3.63, 3.8) is 0 Å². The molecule has 2 N–H and O–H groups in total. The van der Waals surface area contributed by atoms with Crippen LogP contribution < -0.4 is 10.6 Å². The zero-order chi connectivity index (χ0) is 19.4. The lowest BCUT2D eigenvalue weighted by Gasteiger charge is -2.10.